The second-order valence-corrected chi connectivity index (χ2v) is 4.48. The highest BCUT2D eigenvalue weighted by Gasteiger charge is 2.16. The number of phenols is 1. The van der Waals surface area contributed by atoms with Crippen molar-refractivity contribution in [2.45, 2.75) is 0 Å². The van der Waals surface area contributed by atoms with Gasteiger partial charge in [0.25, 0.3) is 5.89 Å². The summed E-state index contributed by atoms with van der Waals surface area (Å²) in [4.78, 5) is 15.0. The van der Waals surface area contributed by atoms with Gasteiger partial charge in [0, 0.05) is 5.56 Å². The molecule has 0 amide bonds. The highest BCUT2D eigenvalue weighted by Crippen LogP contribution is 2.27. The molecular formula is C15H9FN2O4. The second-order valence-electron chi connectivity index (χ2n) is 4.48. The molecule has 0 unspecified atom stereocenters. The van der Waals surface area contributed by atoms with E-state index >= 15 is 0 Å². The molecule has 7 heteroatoms. The van der Waals surface area contributed by atoms with Crippen LogP contribution in [0.15, 0.2) is 47.0 Å². The van der Waals surface area contributed by atoms with Gasteiger partial charge >= 0.3 is 5.97 Å². The first-order valence-electron chi connectivity index (χ1n) is 6.21. The van der Waals surface area contributed by atoms with Gasteiger partial charge < -0.3 is 14.7 Å². The largest absolute Gasteiger partial charge is 0.508 e. The third kappa shape index (κ3) is 2.51. The fourth-order valence-electron chi connectivity index (χ4n) is 1.95. The molecule has 0 aliphatic carbocycles. The van der Waals surface area contributed by atoms with Crippen LogP contribution >= 0.6 is 0 Å². The van der Waals surface area contributed by atoms with Gasteiger partial charge in [-0.05, 0) is 30.3 Å². The van der Waals surface area contributed by atoms with Gasteiger partial charge in [-0.2, -0.15) is 4.98 Å². The summed E-state index contributed by atoms with van der Waals surface area (Å²) in [5.74, 6) is -1.94. The number of halogens is 1. The maximum absolute atomic E-state index is 13.7. The smallest absolute Gasteiger partial charge is 0.335 e. The number of aromatic hydroxyl groups is 1. The van der Waals surface area contributed by atoms with E-state index in [4.69, 9.17) is 9.63 Å². The van der Waals surface area contributed by atoms with Gasteiger partial charge in [0.05, 0.1) is 11.1 Å². The van der Waals surface area contributed by atoms with E-state index in [1.54, 1.807) is 6.07 Å². The molecule has 3 rings (SSSR count). The Balaban J connectivity index is 2.05. The van der Waals surface area contributed by atoms with Crippen LogP contribution in [-0.2, 0) is 0 Å². The normalized spacial score (nSPS) is 10.6. The highest BCUT2D eigenvalue weighted by molar-refractivity contribution is 5.89. The summed E-state index contributed by atoms with van der Waals surface area (Å²) in [7, 11) is 0. The number of aromatic carboxylic acids is 1. The molecule has 0 fully saturated rings. The zero-order valence-electron chi connectivity index (χ0n) is 11.0. The summed E-state index contributed by atoms with van der Waals surface area (Å²) in [6.45, 7) is 0. The maximum atomic E-state index is 13.7. The van der Waals surface area contributed by atoms with Crippen LogP contribution in [0.5, 0.6) is 5.75 Å². The number of carboxylic acid groups (broad SMARTS) is 1. The van der Waals surface area contributed by atoms with Crippen molar-refractivity contribution >= 4 is 5.97 Å². The number of benzene rings is 2. The Kier molecular flexibility index (Phi) is 3.30. The van der Waals surface area contributed by atoms with Gasteiger partial charge in [-0.15, -0.1) is 0 Å². The minimum absolute atomic E-state index is 0.0340. The van der Waals surface area contributed by atoms with Crippen molar-refractivity contribution in [3.8, 4) is 28.6 Å². The second kappa shape index (κ2) is 5.28. The highest BCUT2D eigenvalue weighted by atomic mass is 19.1. The molecule has 2 N–H and O–H groups in total. The fourth-order valence-corrected chi connectivity index (χ4v) is 1.95. The van der Waals surface area contributed by atoms with Crippen molar-refractivity contribution < 1.29 is 23.9 Å². The molecule has 1 aromatic heterocycles. The monoisotopic (exact) mass is 300 g/mol. The van der Waals surface area contributed by atoms with Crippen molar-refractivity contribution in [3.05, 3.63) is 53.8 Å². The van der Waals surface area contributed by atoms with Gasteiger partial charge in [0.2, 0.25) is 5.82 Å². The Hall–Kier alpha value is -3.22. The molecule has 0 saturated carbocycles. The van der Waals surface area contributed by atoms with Crippen molar-refractivity contribution in [3.63, 3.8) is 0 Å². The average molecular weight is 300 g/mol. The quantitative estimate of drug-likeness (QED) is 0.772. The average Bonchev–Trinajstić information content (AvgIpc) is 2.96. The van der Waals surface area contributed by atoms with Crippen LogP contribution in [0, 0.1) is 5.82 Å². The van der Waals surface area contributed by atoms with Crippen LogP contribution in [-0.4, -0.2) is 26.3 Å². The molecule has 0 aliphatic heterocycles. The van der Waals surface area contributed by atoms with E-state index in [1.165, 1.54) is 30.3 Å². The molecular weight excluding hydrogens is 291 g/mol. The SMILES string of the molecule is O=C(O)c1cc(O)cc(-c2noc(-c3ccccc3F)n2)c1. The van der Waals surface area contributed by atoms with Gasteiger partial charge in [-0.25, -0.2) is 9.18 Å². The topological polar surface area (TPSA) is 96.5 Å². The number of phenolic OH excluding ortho intramolecular Hbond substituents is 1. The third-order valence-corrected chi connectivity index (χ3v) is 2.95. The molecule has 6 nitrogen and oxygen atoms in total. The first-order valence-corrected chi connectivity index (χ1v) is 6.21. The fraction of sp³-hybridized carbons (Fsp3) is 0. The van der Waals surface area contributed by atoms with E-state index in [-0.39, 0.29) is 34.2 Å². The maximum Gasteiger partial charge on any atom is 0.335 e. The van der Waals surface area contributed by atoms with Crippen molar-refractivity contribution in [1.82, 2.24) is 10.1 Å². The number of carbonyl (C=O) groups is 1. The summed E-state index contributed by atoms with van der Waals surface area (Å²) >= 11 is 0. The van der Waals surface area contributed by atoms with E-state index < -0.39 is 11.8 Å². The number of aromatic nitrogens is 2. The van der Waals surface area contributed by atoms with Crippen LogP contribution in [0.4, 0.5) is 4.39 Å². The first-order chi connectivity index (χ1) is 10.5. The van der Waals surface area contributed by atoms with Crippen LogP contribution in [0.25, 0.3) is 22.8 Å². The van der Waals surface area contributed by atoms with Crippen molar-refractivity contribution in [1.29, 1.82) is 0 Å². The predicted molar refractivity (Wildman–Crippen MR) is 73.8 cm³/mol. The lowest BCUT2D eigenvalue weighted by Gasteiger charge is -2.00. The Labute approximate surface area is 123 Å². The lowest BCUT2D eigenvalue weighted by molar-refractivity contribution is 0.0696. The minimum atomic E-state index is -1.20. The summed E-state index contributed by atoms with van der Waals surface area (Å²) in [6, 6.07) is 9.58. The molecule has 1 heterocycles. The van der Waals surface area contributed by atoms with Gasteiger partial charge in [-0.3, -0.25) is 0 Å². The number of nitrogens with zero attached hydrogens (tertiary/aromatic N) is 2. The lowest BCUT2D eigenvalue weighted by Crippen LogP contribution is -1.96. The van der Waals surface area contributed by atoms with Crippen molar-refractivity contribution in [2.75, 3.05) is 0 Å². The number of carboxylic acids is 1. The van der Waals surface area contributed by atoms with E-state index in [1.807, 2.05) is 0 Å². The van der Waals surface area contributed by atoms with Gasteiger partial charge in [0.1, 0.15) is 11.6 Å². The van der Waals surface area contributed by atoms with E-state index in [0.717, 1.165) is 6.07 Å². The number of rotatable bonds is 3. The summed E-state index contributed by atoms with van der Waals surface area (Å²) < 4.78 is 18.7. The molecule has 110 valence electrons. The lowest BCUT2D eigenvalue weighted by atomic mass is 10.1. The molecule has 0 bridgehead atoms. The molecule has 0 radical (unpaired) electrons. The van der Waals surface area contributed by atoms with Crippen molar-refractivity contribution in [2.24, 2.45) is 0 Å². The zero-order valence-corrected chi connectivity index (χ0v) is 11.0. The third-order valence-electron chi connectivity index (χ3n) is 2.95. The van der Waals surface area contributed by atoms with Crippen LogP contribution in [0.2, 0.25) is 0 Å². The molecule has 0 atom stereocenters. The summed E-state index contributed by atoms with van der Waals surface area (Å²) in [6.07, 6.45) is 0. The van der Waals surface area contributed by atoms with E-state index in [2.05, 4.69) is 10.1 Å². The number of hydrogen-bond donors (Lipinski definition) is 2. The zero-order chi connectivity index (χ0) is 15.7. The molecule has 0 spiro atoms. The molecule has 0 saturated heterocycles. The predicted octanol–water partition coefficient (Wildman–Crippen LogP) is 2.95. The van der Waals surface area contributed by atoms with E-state index in [0.29, 0.717) is 0 Å². The summed E-state index contributed by atoms with van der Waals surface area (Å²) in [5, 5.41) is 22.2. The molecule has 3 aromatic rings. The molecule has 2 aromatic carbocycles. The Morgan fingerprint density at radius 1 is 1.18 bits per heavy atom. The standard InChI is InChI=1S/C15H9FN2O4/c16-12-4-2-1-3-11(12)14-17-13(18-22-14)8-5-9(15(20)21)7-10(19)6-8/h1-7,19H,(H,20,21). The Morgan fingerprint density at radius 2 is 1.95 bits per heavy atom. The van der Waals surface area contributed by atoms with Crippen LogP contribution in [0.1, 0.15) is 10.4 Å². The van der Waals surface area contributed by atoms with Crippen LogP contribution < -0.4 is 0 Å². The Bertz CT molecular complexity index is 860. The molecule has 0 aliphatic rings. The minimum Gasteiger partial charge on any atom is -0.508 e. The first kappa shape index (κ1) is 13.7. The van der Waals surface area contributed by atoms with Crippen LogP contribution in [0.3, 0.4) is 0 Å². The molecule has 22 heavy (non-hydrogen) atoms. The Morgan fingerprint density at radius 3 is 2.68 bits per heavy atom. The summed E-state index contributed by atoms with van der Waals surface area (Å²) in [5.41, 5.74) is 0.274. The number of hydrogen-bond acceptors (Lipinski definition) is 5. The van der Waals surface area contributed by atoms with E-state index in [9.17, 15) is 14.3 Å². The van der Waals surface area contributed by atoms with Gasteiger partial charge in [0.15, 0.2) is 0 Å². The van der Waals surface area contributed by atoms with Gasteiger partial charge in [-0.1, -0.05) is 17.3 Å².